The van der Waals surface area contributed by atoms with E-state index in [4.69, 9.17) is 4.74 Å². The lowest BCUT2D eigenvalue weighted by Gasteiger charge is -2.14. The van der Waals surface area contributed by atoms with E-state index in [-0.39, 0.29) is 6.10 Å². The first kappa shape index (κ1) is 14.9. The van der Waals surface area contributed by atoms with Crippen LogP contribution in [0.25, 0.3) is 0 Å². The summed E-state index contributed by atoms with van der Waals surface area (Å²) in [7, 11) is 0. The standard InChI is InChI=1S/C16H19BrN2O/c1-11(2)20-15-4-5-16(12(3)6-15)19-9-13-7-14(17)10-18-8-13/h4-8,10-11,19H,9H2,1-3H3. The molecular formula is C16H19BrN2O. The summed E-state index contributed by atoms with van der Waals surface area (Å²) < 4.78 is 6.68. The van der Waals surface area contributed by atoms with Gasteiger partial charge < -0.3 is 10.1 Å². The number of nitrogens with one attached hydrogen (secondary N) is 1. The Morgan fingerprint density at radius 2 is 2.05 bits per heavy atom. The molecule has 3 nitrogen and oxygen atoms in total. The maximum Gasteiger partial charge on any atom is 0.120 e. The van der Waals surface area contributed by atoms with Crippen molar-refractivity contribution in [2.75, 3.05) is 5.32 Å². The van der Waals surface area contributed by atoms with Gasteiger partial charge in [0.1, 0.15) is 5.75 Å². The summed E-state index contributed by atoms with van der Waals surface area (Å²) in [6.07, 6.45) is 3.84. The molecule has 0 amide bonds. The van der Waals surface area contributed by atoms with Crippen LogP contribution in [0.2, 0.25) is 0 Å². The Morgan fingerprint density at radius 1 is 1.25 bits per heavy atom. The number of rotatable bonds is 5. The summed E-state index contributed by atoms with van der Waals surface area (Å²) in [6, 6.07) is 8.17. The maximum atomic E-state index is 5.68. The normalized spacial score (nSPS) is 10.7. The lowest BCUT2D eigenvalue weighted by Crippen LogP contribution is -2.06. The van der Waals surface area contributed by atoms with Crippen LogP contribution in [-0.4, -0.2) is 11.1 Å². The van der Waals surface area contributed by atoms with Gasteiger partial charge in [0, 0.05) is 29.1 Å². The largest absolute Gasteiger partial charge is 0.491 e. The average molecular weight is 335 g/mol. The minimum atomic E-state index is 0.195. The van der Waals surface area contributed by atoms with Gasteiger partial charge in [-0.05, 0) is 72.1 Å². The molecule has 2 rings (SSSR count). The summed E-state index contributed by atoms with van der Waals surface area (Å²) in [4.78, 5) is 4.16. The van der Waals surface area contributed by atoms with Gasteiger partial charge in [-0.1, -0.05) is 0 Å². The van der Waals surface area contributed by atoms with E-state index >= 15 is 0 Å². The number of anilines is 1. The van der Waals surface area contributed by atoms with E-state index in [1.807, 2.05) is 26.1 Å². The van der Waals surface area contributed by atoms with E-state index in [0.717, 1.165) is 28.0 Å². The Kier molecular flexibility index (Phi) is 5.01. The van der Waals surface area contributed by atoms with E-state index in [2.05, 4.69) is 51.4 Å². The Hall–Kier alpha value is -1.55. The van der Waals surface area contributed by atoms with Crippen LogP contribution in [0.1, 0.15) is 25.0 Å². The summed E-state index contributed by atoms with van der Waals surface area (Å²) in [5, 5.41) is 3.42. The van der Waals surface area contributed by atoms with E-state index in [1.165, 1.54) is 5.56 Å². The highest BCUT2D eigenvalue weighted by atomic mass is 79.9. The SMILES string of the molecule is Cc1cc(OC(C)C)ccc1NCc1cncc(Br)c1. The molecule has 0 aliphatic rings. The Balaban J connectivity index is 2.03. The van der Waals surface area contributed by atoms with Crippen molar-refractivity contribution in [2.24, 2.45) is 0 Å². The number of aromatic nitrogens is 1. The topological polar surface area (TPSA) is 34.1 Å². The zero-order valence-electron chi connectivity index (χ0n) is 12.0. The number of ether oxygens (including phenoxy) is 1. The Morgan fingerprint density at radius 3 is 2.70 bits per heavy atom. The van der Waals surface area contributed by atoms with E-state index in [0.29, 0.717) is 0 Å². The highest BCUT2D eigenvalue weighted by Gasteiger charge is 2.03. The second kappa shape index (κ2) is 6.75. The molecule has 106 valence electrons. The third-order valence-electron chi connectivity index (χ3n) is 2.81. The Bertz CT molecular complexity index is 584. The van der Waals surface area contributed by atoms with Gasteiger partial charge in [0.05, 0.1) is 6.10 Å². The van der Waals surface area contributed by atoms with Crippen LogP contribution in [0.4, 0.5) is 5.69 Å². The van der Waals surface area contributed by atoms with Crippen LogP contribution in [0, 0.1) is 6.92 Å². The molecule has 0 unspecified atom stereocenters. The van der Waals surface area contributed by atoms with Gasteiger partial charge in [-0.25, -0.2) is 0 Å². The molecule has 0 aliphatic carbocycles. The van der Waals surface area contributed by atoms with Gasteiger partial charge in [0.25, 0.3) is 0 Å². The summed E-state index contributed by atoms with van der Waals surface area (Å²) in [5.41, 5.74) is 3.42. The van der Waals surface area contributed by atoms with Crippen molar-refractivity contribution >= 4 is 21.6 Å². The molecule has 0 spiro atoms. The molecule has 0 saturated carbocycles. The number of benzene rings is 1. The van der Waals surface area contributed by atoms with Gasteiger partial charge in [0.15, 0.2) is 0 Å². The minimum absolute atomic E-state index is 0.195. The molecule has 0 saturated heterocycles. The second-order valence-electron chi connectivity index (χ2n) is 5.01. The predicted molar refractivity (Wildman–Crippen MR) is 86.2 cm³/mol. The molecule has 2 aromatic rings. The molecule has 4 heteroatoms. The van der Waals surface area contributed by atoms with Crippen molar-refractivity contribution in [3.8, 4) is 5.75 Å². The van der Waals surface area contributed by atoms with Crippen molar-refractivity contribution in [2.45, 2.75) is 33.4 Å². The van der Waals surface area contributed by atoms with Crippen LogP contribution >= 0.6 is 15.9 Å². The monoisotopic (exact) mass is 334 g/mol. The molecule has 1 heterocycles. The molecular weight excluding hydrogens is 316 g/mol. The quantitative estimate of drug-likeness (QED) is 0.870. The molecule has 1 aromatic heterocycles. The van der Waals surface area contributed by atoms with Crippen molar-refractivity contribution in [1.82, 2.24) is 4.98 Å². The smallest absolute Gasteiger partial charge is 0.120 e. The zero-order valence-corrected chi connectivity index (χ0v) is 13.6. The number of halogens is 1. The number of hydrogen-bond donors (Lipinski definition) is 1. The molecule has 0 atom stereocenters. The van der Waals surface area contributed by atoms with E-state index < -0.39 is 0 Å². The lowest BCUT2D eigenvalue weighted by atomic mass is 10.2. The maximum absolute atomic E-state index is 5.68. The first-order chi connectivity index (χ1) is 9.54. The fourth-order valence-corrected chi connectivity index (χ4v) is 2.34. The number of hydrogen-bond acceptors (Lipinski definition) is 3. The summed E-state index contributed by atoms with van der Waals surface area (Å²) >= 11 is 3.43. The molecule has 20 heavy (non-hydrogen) atoms. The molecule has 1 N–H and O–H groups in total. The minimum Gasteiger partial charge on any atom is -0.491 e. The van der Waals surface area contributed by atoms with Gasteiger partial charge in [0.2, 0.25) is 0 Å². The van der Waals surface area contributed by atoms with Crippen LogP contribution in [0.3, 0.4) is 0 Å². The van der Waals surface area contributed by atoms with E-state index in [9.17, 15) is 0 Å². The predicted octanol–water partition coefficient (Wildman–Crippen LogP) is 4.55. The molecule has 0 radical (unpaired) electrons. The fourth-order valence-electron chi connectivity index (χ4n) is 1.93. The first-order valence-corrected chi connectivity index (χ1v) is 7.44. The lowest BCUT2D eigenvalue weighted by molar-refractivity contribution is 0.242. The van der Waals surface area contributed by atoms with E-state index in [1.54, 1.807) is 6.20 Å². The molecule has 0 aliphatic heterocycles. The van der Waals surface area contributed by atoms with Crippen LogP contribution < -0.4 is 10.1 Å². The van der Waals surface area contributed by atoms with Crippen molar-refractivity contribution < 1.29 is 4.74 Å². The van der Waals surface area contributed by atoms with Crippen molar-refractivity contribution in [1.29, 1.82) is 0 Å². The van der Waals surface area contributed by atoms with Gasteiger partial charge in [-0.3, -0.25) is 4.98 Å². The van der Waals surface area contributed by atoms with Crippen LogP contribution in [0.5, 0.6) is 5.75 Å². The zero-order chi connectivity index (χ0) is 14.5. The van der Waals surface area contributed by atoms with Crippen molar-refractivity contribution in [3.05, 3.63) is 52.3 Å². The average Bonchev–Trinajstić information content (AvgIpc) is 2.37. The van der Waals surface area contributed by atoms with Crippen LogP contribution in [-0.2, 0) is 6.54 Å². The summed E-state index contributed by atoms with van der Waals surface area (Å²) in [6.45, 7) is 6.88. The third-order valence-corrected chi connectivity index (χ3v) is 3.25. The fraction of sp³-hybridized carbons (Fsp3) is 0.312. The first-order valence-electron chi connectivity index (χ1n) is 6.65. The second-order valence-corrected chi connectivity index (χ2v) is 5.92. The summed E-state index contributed by atoms with van der Waals surface area (Å²) in [5.74, 6) is 0.909. The number of pyridine rings is 1. The van der Waals surface area contributed by atoms with Crippen molar-refractivity contribution in [3.63, 3.8) is 0 Å². The third kappa shape index (κ3) is 4.23. The highest BCUT2D eigenvalue weighted by Crippen LogP contribution is 2.23. The van der Waals surface area contributed by atoms with Gasteiger partial charge in [-0.15, -0.1) is 0 Å². The van der Waals surface area contributed by atoms with Gasteiger partial charge in [-0.2, -0.15) is 0 Å². The van der Waals surface area contributed by atoms with Gasteiger partial charge >= 0.3 is 0 Å². The molecule has 0 bridgehead atoms. The number of nitrogens with zero attached hydrogens (tertiary/aromatic N) is 1. The number of aryl methyl sites for hydroxylation is 1. The van der Waals surface area contributed by atoms with Crippen LogP contribution in [0.15, 0.2) is 41.1 Å². The molecule has 0 fully saturated rings. The highest BCUT2D eigenvalue weighted by molar-refractivity contribution is 9.10. The molecule has 1 aromatic carbocycles. The Labute approximate surface area is 128 Å².